The van der Waals surface area contributed by atoms with Crippen LogP contribution in [0.15, 0.2) is 78.9 Å². The Bertz CT molecular complexity index is 1050. The van der Waals surface area contributed by atoms with Crippen molar-refractivity contribution in [1.29, 1.82) is 0 Å². The van der Waals surface area contributed by atoms with Gasteiger partial charge in [0.25, 0.3) is 5.91 Å². The van der Waals surface area contributed by atoms with Crippen molar-refractivity contribution in [2.24, 2.45) is 0 Å². The standard InChI is InChI=1S/C21H20N2O4S/c1-2-28(25,26)23-18-8-6-7-16(15-18)21(24)22-17-11-13-20(14-12-17)27-19-9-4-3-5-10-19/h3-15,23H,2H2,1H3,(H,22,24). The molecule has 144 valence electrons. The summed E-state index contributed by atoms with van der Waals surface area (Å²) < 4.78 is 31.5. The van der Waals surface area contributed by atoms with E-state index in [2.05, 4.69) is 10.0 Å². The highest BCUT2D eigenvalue weighted by atomic mass is 32.2. The van der Waals surface area contributed by atoms with E-state index in [1.807, 2.05) is 30.3 Å². The molecule has 0 aliphatic heterocycles. The van der Waals surface area contributed by atoms with E-state index in [-0.39, 0.29) is 11.7 Å². The molecule has 0 fully saturated rings. The predicted octanol–water partition coefficient (Wildman–Crippen LogP) is 4.49. The van der Waals surface area contributed by atoms with Crippen LogP contribution in [0.2, 0.25) is 0 Å². The van der Waals surface area contributed by atoms with Crippen molar-refractivity contribution in [2.75, 3.05) is 15.8 Å². The van der Waals surface area contributed by atoms with Gasteiger partial charge in [0.15, 0.2) is 0 Å². The topological polar surface area (TPSA) is 84.5 Å². The third kappa shape index (κ3) is 5.34. The van der Waals surface area contributed by atoms with Crippen molar-refractivity contribution in [3.05, 3.63) is 84.4 Å². The predicted molar refractivity (Wildman–Crippen MR) is 110 cm³/mol. The Labute approximate surface area is 164 Å². The molecule has 0 radical (unpaired) electrons. The molecule has 28 heavy (non-hydrogen) atoms. The van der Waals surface area contributed by atoms with E-state index in [0.717, 1.165) is 5.75 Å². The Balaban J connectivity index is 1.66. The molecule has 0 heterocycles. The highest BCUT2D eigenvalue weighted by Gasteiger charge is 2.10. The Morgan fingerprint density at radius 1 is 0.857 bits per heavy atom. The molecular weight excluding hydrogens is 376 g/mol. The fourth-order valence-electron chi connectivity index (χ4n) is 2.41. The molecule has 0 unspecified atom stereocenters. The molecule has 0 atom stereocenters. The van der Waals surface area contributed by atoms with Gasteiger partial charge in [-0.25, -0.2) is 8.42 Å². The van der Waals surface area contributed by atoms with Crippen LogP contribution in [-0.2, 0) is 10.0 Å². The molecule has 0 bridgehead atoms. The van der Waals surface area contributed by atoms with Gasteiger partial charge >= 0.3 is 0 Å². The fourth-order valence-corrected chi connectivity index (χ4v) is 3.04. The van der Waals surface area contributed by atoms with Gasteiger partial charge in [-0.15, -0.1) is 0 Å². The van der Waals surface area contributed by atoms with E-state index in [1.54, 1.807) is 49.4 Å². The lowest BCUT2D eigenvalue weighted by atomic mass is 10.2. The van der Waals surface area contributed by atoms with Gasteiger partial charge in [-0.3, -0.25) is 9.52 Å². The maximum Gasteiger partial charge on any atom is 0.255 e. The Morgan fingerprint density at radius 2 is 1.54 bits per heavy atom. The van der Waals surface area contributed by atoms with Gasteiger partial charge in [0.05, 0.1) is 5.75 Å². The molecule has 2 N–H and O–H groups in total. The van der Waals surface area contributed by atoms with E-state index in [0.29, 0.717) is 22.7 Å². The molecule has 3 aromatic carbocycles. The van der Waals surface area contributed by atoms with Crippen molar-refractivity contribution in [1.82, 2.24) is 0 Å². The first-order valence-electron chi connectivity index (χ1n) is 8.70. The van der Waals surface area contributed by atoms with Gasteiger partial charge in [0.1, 0.15) is 11.5 Å². The Hall–Kier alpha value is -3.32. The molecule has 0 aromatic heterocycles. The van der Waals surface area contributed by atoms with Crippen LogP contribution in [0.5, 0.6) is 11.5 Å². The number of carbonyl (C=O) groups excluding carboxylic acids is 1. The molecule has 0 saturated carbocycles. The zero-order valence-corrected chi connectivity index (χ0v) is 16.1. The number of rotatable bonds is 7. The second-order valence-electron chi connectivity index (χ2n) is 5.98. The number of anilines is 2. The summed E-state index contributed by atoms with van der Waals surface area (Å²) in [6.07, 6.45) is 0. The molecule has 6 nitrogen and oxygen atoms in total. The van der Waals surface area contributed by atoms with Crippen molar-refractivity contribution in [3.63, 3.8) is 0 Å². The number of benzene rings is 3. The van der Waals surface area contributed by atoms with E-state index in [9.17, 15) is 13.2 Å². The maximum absolute atomic E-state index is 12.5. The number of hydrogen-bond acceptors (Lipinski definition) is 4. The molecular formula is C21H20N2O4S. The van der Waals surface area contributed by atoms with E-state index >= 15 is 0 Å². The molecule has 0 aliphatic carbocycles. The number of carbonyl (C=O) groups is 1. The van der Waals surface area contributed by atoms with Gasteiger partial charge < -0.3 is 10.1 Å². The van der Waals surface area contributed by atoms with Crippen LogP contribution >= 0.6 is 0 Å². The average molecular weight is 396 g/mol. The molecule has 3 rings (SSSR count). The number of hydrogen-bond donors (Lipinski definition) is 2. The summed E-state index contributed by atoms with van der Waals surface area (Å²) in [7, 11) is -3.40. The van der Waals surface area contributed by atoms with Crippen LogP contribution in [0.25, 0.3) is 0 Å². The van der Waals surface area contributed by atoms with Crippen LogP contribution in [0.3, 0.4) is 0 Å². The second-order valence-corrected chi connectivity index (χ2v) is 7.99. The Morgan fingerprint density at radius 3 is 2.21 bits per heavy atom. The van der Waals surface area contributed by atoms with Gasteiger partial charge in [-0.1, -0.05) is 24.3 Å². The lowest BCUT2D eigenvalue weighted by molar-refractivity contribution is 0.102. The van der Waals surface area contributed by atoms with Crippen molar-refractivity contribution in [3.8, 4) is 11.5 Å². The highest BCUT2D eigenvalue weighted by molar-refractivity contribution is 7.92. The molecule has 0 aliphatic rings. The molecule has 0 spiro atoms. The number of amides is 1. The summed E-state index contributed by atoms with van der Waals surface area (Å²) in [6.45, 7) is 1.55. The summed E-state index contributed by atoms with van der Waals surface area (Å²) in [5.74, 6) is 1.00. The van der Waals surface area contributed by atoms with E-state index in [1.165, 1.54) is 6.07 Å². The van der Waals surface area contributed by atoms with Gasteiger partial charge in [0.2, 0.25) is 10.0 Å². The fraction of sp³-hybridized carbons (Fsp3) is 0.0952. The normalized spacial score (nSPS) is 10.9. The first kappa shape index (κ1) is 19.4. The summed E-state index contributed by atoms with van der Waals surface area (Å²) in [6, 6.07) is 22.7. The number of sulfonamides is 1. The SMILES string of the molecule is CCS(=O)(=O)Nc1cccc(C(=O)Nc2ccc(Oc3ccccc3)cc2)c1. The Kier molecular flexibility index (Phi) is 5.96. The molecule has 1 amide bonds. The van der Waals surface area contributed by atoms with Crippen LogP contribution in [0.1, 0.15) is 17.3 Å². The largest absolute Gasteiger partial charge is 0.457 e. The average Bonchev–Trinajstić information content (AvgIpc) is 2.70. The van der Waals surface area contributed by atoms with E-state index < -0.39 is 10.0 Å². The minimum absolute atomic E-state index is 0.0408. The first-order chi connectivity index (χ1) is 13.4. The van der Waals surface area contributed by atoms with Crippen molar-refractivity contribution in [2.45, 2.75) is 6.92 Å². The summed E-state index contributed by atoms with van der Waals surface area (Å²) >= 11 is 0. The monoisotopic (exact) mass is 396 g/mol. The van der Waals surface area contributed by atoms with E-state index in [4.69, 9.17) is 4.74 Å². The van der Waals surface area contributed by atoms with Crippen LogP contribution < -0.4 is 14.8 Å². The highest BCUT2D eigenvalue weighted by Crippen LogP contribution is 2.23. The quantitative estimate of drug-likeness (QED) is 0.616. The minimum Gasteiger partial charge on any atom is -0.457 e. The number of ether oxygens (including phenoxy) is 1. The first-order valence-corrected chi connectivity index (χ1v) is 10.4. The lowest BCUT2D eigenvalue weighted by Crippen LogP contribution is -2.16. The minimum atomic E-state index is -3.40. The molecule has 3 aromatic rings. The molecule has 7 heteroatoms. The zero-order valence-electron chi connectivity index (χ0n) is 15.3. The second kappa shape index (κ2) is 8.58. The van der Waals surface area contributed by atoms with Crippen LogP contribution in [-0.4, -0.2) is 20.1 Å². The van der Waals surface area contributed by atoms with Gasteiger partial charge in [-0.05, 0) is 61.5 Å². The van der Waals surface area contributed by atoms with Crippen LogP contribution in [0, 0.1) is 0 Å². The third-order valence-electron chi connectivity index (χ3n) is 3.87. The lowest BCUT2D eigenvalue weighted by Gasteiger charge is -2.10. The van der Waals surface area contributed by atoms with Gasteiger partial charge in [-0.2, -0.15) is 0 Å². The number of nitrogens with one attached hydrogen (secondary N) is 2. The molecule has 0 saturated heterocycles. The zero-order chi connectivity index (χ0) is 20.0. The van der Waals surface area contributed by atoms with Gasteiger partial charge in [0, 0.05) is 16.9 Å². The summed E-state index contributed by atoms with van der Waals surface area (Å²) in [4.78, 5) is 12.5. The van der Waals surface area contributed by atoms with Crippen molar-refractivity contribution < 1.29 is 17.9 Å². The summed E-state index contributed by atoms with van der Waals surface area (Å²) in [5, 5.41) is 2.78. The number of para-hydroxylation sites is 1. The maximum atomic E-state index is 12.5. The third-order valence-corrected chi connectivity index (χ3v) is 5.18. The van der Waals surface area contributed by atoms with Crippen LogP contribution in [0.4, 0.5) is 11.4 Å². The summed E-state index contributed by atoms with van der Waals surface area (Å²) in [5.41, 5.74) is 1.30. The smallest absolute Gasteiger partial charge is 0.255 e. The van der Waals surface area contributed by atoms with Crippen molar-refractivity contribution >= 4 is 27.3 Å².